The summed E-state index contributed by atoms with van der Waals surface area (Å²) in [5.74, 6) is -1.13. The fourth-order valence-corrected chi connectivity index (χ4v) is 2.38. The first-order chi connectivity index (χ1) is 11.4. The molecule has 0 atom stereocenters. The molecule has 0 bridgehead atoms. The van der Waals surface area contributed by atoms with E-state index in [1.165, 1.54) is 47.4 Å². The van der Waals surface area contributed by atoms with Crippen LogP contribution in [0.15, 0.2) is 61.2 Å². The Labute approximate surface area is 134 Å². The van der Waals surface area contributed by atoms with Gasteiger partial charge in [0.2, 0.25) is 0 Å². The van der Waals surface area contributed by atoms with Crippen LogP contribution in [-0.4, -0.2) is 20.6 Å². The maximum absolute atomic E-state index is 13.4. The number of benzene rings is 2. The van der Waals surface area contributed by atoms with Gasteiger partial charge in [-0.05, 0) is 35.4 Å². The molecule has 0 fully saturated rings. The van der Waals surface area contributed by atoms with Gasteiger partial charge in [0.1, 0.15) is 0 Å². The molecule has 122 valence electrons. The third kappa shape index (κ3) is 3.01. The van der Waals surface area contributed by atoms with Crippen LogP contribution in [0.5, 0.6) is 0 Å². The zero-order valence-electron chi connectivity index (χ0n) is 12.2. The monoisotopic (exact) mass is 332 g/mol. The van der Waals surface area contributed by atoms with Crippen molar-refractivity contribution in [2.45, 2.75) is 6.18 Å². The average molecular weight is 332 g/mol. The van der Waals surface area contributed by atoms with E-state index >= 15 is 0 Å². The molecular weight excluding hydrogens is 321 g/mol. The summed E-state index contributed by atoms with van der Waals surface area (Å²) < 4.78 is 41.8. The molecule has 24 heavy (non-hydrogen) atoms. The van der Waals surface area contributed by atoms with Crippen molar-refractivity contribution >= 4 is 5.97 Å². The second kappa shape index (κ2) is 5.84. The van der Waals surface area contributed by atoms with Crippen molar-refractivity contribution in [2.24, 2.45) is 0 Å². The summed E-state index contributed by atoms with van der Waals surface area (Å²) in [6.07, 6.45) is -0.100. The van der Waals surface area contributed by atoms with E-state index in [0.29, 0.717) is 11.3 Å². The van der Waals surface area contributed by atoms with E-state index in [9.17, 15) is 18.0 Å². The van der Waals surface area contributed by atoms with Gasteiger partial charge in [-0.25, -0.2) is 9.78 Å². The normalized spacial score (nSPS) is 11.5. The molecule has 0 amide bonds. The van der Waals surface area contributed by atoms with E-state index in [-0.39, 0.29) is 11.1 Å². The average Bonchev–Trinajstić information content (AvgIpc) is 3.08. The lowest BCUT2D eigenvalue weighted by Gasteiger charge is -2.15. The molecule has 0 saturated carbocycles. The number of carboxylic acid groups (broad SMARTS) is 1. The quantitative estimate of drug-likeness (QED) is 0.780. The first-order valence-corrected chi connectivity index (χ1v) is 6.89. The molecule has 1 heterocycles. The van der Waals surface area contributed by atoms with Gasteiger partial charge >= 0.3 is 12.1 Å². The Morgan fingerprint density at radius 3 is 2.33 bits per heavy atom. The summed E-state index contributed by atoms with van der Waals surface area (Å²) >= 11 is 0. The highest BCUT2D eigenvalue weighted by atomic mass is 19.4. The van der Waals surface area contributed by atoms with Crippen LogP contribution >= 0.6 is 0 Å². The molecule has 0 saturated heterocycles. The van der Waals surface area contributed by atoms with Gasteiger partial charge in [-0.1, -0.05) is 18.2 Å². The van der Waals surface area contributed by atoms with Crippen LogP contribution in [0.2, 0.25) is 0 Å². The number of rotatable bonds is 3. The minimum absolute atomic E-state index is 0.0108. The van der Waals surface area contributed by atoms with E-state index in [0.717, 1.165) is 6.07 Å². The fraction of sp³-hybridized carbons (Fsp3) is 0.0588. The second-order valence-electron chi connectivity index (χ2n) is 5.08. The second-order valence-corrected chi connectivity index (χ2v) is 5.08. The minimum Gasteiger partial charge on any atom is -0.478 e. The topological polar surface area (TPSA) is 55.1 Å². The van der Waals surface area contributed by atoms with Crippen LogP contribution in [0.3, 0.4) is 0 Å². The summed E-state index contributed by atoms with van der Waals surface area (Å²) in [5, 5.41) is 8.88. The van der Waals surface area contributed by atoms with Crippen LogP contribution in [0, 0.1) is 0 Å². The predicted octanol–water partition coefficient (Wildman–Crippen LogP) is 4.26. The number of hydrogen-bond acceptors (Lipinski definition) is 2. The number of carboxylic acids is 1. The molecule has 1 N–H and O–H groups in total. The molecule has 0 radical (unpaired) electrons. The van der Waals surface area contributed by atoms with Gasteiger partial charge in [0.05, 0.1) is 17.5 Å². The number of alkyl halides is 3. The van der Waals surface area contributed by atoms with Gasteiger partial charge in [-0.15, -0.1) is 0 Å². The Hall–Kier alpha value is -3.09. The van der Waals surface area contributed by atoms with E-state index in [1.807, 2.05) is 0 Å². The summed E-state index contributed by atoms with van der Waals surface area (Å²) in [5.41, 5.74) is -0.155. The molecule has 0 aliphatic carbocycles. The van der Waals surface area contributed by atoms with E-state index in [1.54, 1.807) is 12.3 Å². The first-order valence-electron chi connectivity index (χ1n) is 6.89. The van der Waals surface area contributed by atoms with E-state index in [4.69, 9.17) is 5.11 Å². The predicted molar refractivity (Wildman–Crippen MR) is 81.0 cm³/mol. The Kier molecular flexibility index (Phi) is 3.84. The van der Waals surface area contributed by atoms with Gasteiger partial charge in [0, 0.05) is 18.1 Å². The number of halogens is 3. The van der Waals surface area contributed by atoms with Gasteiger partial charge in [0.25, 0.3) is 0 Å². The molecule has 2 aromatic carbocycles. The molecule has 3 aromatic rings. The van der Waals surface area contributed by atoms with Gasteiger partial charge < -0.3 is 9.67 Å². The Morgan fingerprint density at radius 1 is 1.08 bits per heavy atom. The summed E-state index contributed by atoms with van der Waals surface area (Å²) in [4.78, 5) is 14.7. The number of hydrogen-bond donors (Lipinski definition) is 1. The van der Waals surface area contributed by atoms with Gasteiger partial charge in [0.15, 0.2) is 0 Å². The molecule has 4 nitrogen and oxygen atoms in total. The lowest BCUT2D eigenvalue weighted by Crippen LogP contribution is -2.08. The lowest BCUT2D eigenvalue weighted by atomic mass is 9.97. The standard InChI is InChI=1S/C17H11F3N2O2/c18-17(19,20)15-9-13(22-8-7-21-10-22)5-6-14(15)11-1-3-12(4-2-11)16(23)24/h1-10H,(H,23,24). The van der Waals surface area contributed by atoms with Crippen molar-refractivity contribution < 1.29 is 23.1 Å². The van der Waals surface area contributed by atoms with Crippen molar-refractivity contribution in [2.75, 3.05) is 0 Å². The summed E-state index contributed by atoms with van der Waals surface area (Å²) in [6, 6.07) is 9.26. The largest absolute Gasteiger partial charge is 0.478 e. The van der Waals surface area contributed by atoms with Crippen LogP contribution < -0.4 is 0 Å². The molecule has 3 rings (SSSR count). The highest BCUT2D eigenvalue weighted by Gasteiger charge is 2.34. The highest BCUT2D eigenvalue weighted by molar-refractivity contribution is 5.88. The van der Waals surface area contributed by atoms with Crippen LogP contribution in [0.4, 0.5) is 13.2 Å². The molecule has 1 aromatic heterocycles. The summed E-state index contributed by atoms with van der Waals surface area (Å²) in [7, 11) is 0. The number of imidazole rings is 1. The van der Waals surface area contributed by atoms with Crippen molar-refractivity contribution in [3.05, 3.63) is 72.3 Å². The number of nitrogens with zero attached hydrogens (tertiary/aromatic N) is 2. The molecule has 7 heteroatoms. The smallest absolute Gasteiger partial charge is 0.417 e. The Morgan fingerprint density at radius 2 is 1.79 bits per heavy atom. The lowest BCUT2D eigenvalue weighted by molar-refractivity contribution is -0.137. The van der Waals surface area contributed by atoms with E-state index in [2.05, 4.69) is 4.98 Å². The minimum atomic E-state index is -4.54. The van der Waals surface area contributed by atoms with Crippen LogP contribution in [0.1, 0.15) is 15.9 Å². The fourth-order valence-electron chi connectivity index (χ4n) is 2.38. The van der Waals surface area contributed by atoms with Gasteiger partial charge in [-0.2, -0.15) is 13.2 Å². The third-order valence-electron chi connectivity index (χ3n) is 3.55. The van der Waals surface area contributed by atoms with E-state index < -0.39 is 17.7 Å². The Bertz CT molecular complexity index is 870. The van der Waals surface area contributed by atoms with Crippen molar-refractivity contribution in [3.63, 3.8) is 0 Å². The van der Waals surface area contributed by atoms with Crippen molar-refractivity contribution in [3.8, 4) is 16.8 Å². The zero-order valence-corrected chi connectivity index (χ0v) is 12.2. The first kappa shape index (κ1) is 15.8. The maximum Gasteiger partial charge on any atom is 0.417 e. The van der Waals surface area contributed by atoms with Crippen LogP contribution in [-0.2, 0) is 6.18 Å². The van der Waals surface area contributed by atoms with Crippen LogP contribution in [0.25, 0.3) is 16.8 Å². The molecular formula is C17H11F3N2O2. The SMILES string of the molecule is O=C(O)c1ccc(-c2ccc(-n3ccnc3)cc2C(F)(F)F)cc1. The third-order valence-corrected chi connectivity index (χ3v) is 3.55. The molecule has 0 unspecified atom stereocenters. The van der Waals surface area contributed by atoms with Gasteiger partial charge in [-0.3, -0.25) is 0 Å². The number of aromatic nitrogens is 2. The molecule has 0 aliphatic rings. The highest BCUT2D eigenvalue weighted by Crippen LogP contribution is 2.38. The molecule has 0 aliphatic heterocycles. The zero-order chi connectivity index (χ0) is 17.3. The number of aromatic carboxylic acids is 1. The van der Waals surface area contributed by atoms with Crippen molar-refractivity contribution in [1.29, 1.82) is 0 Å². The maximum atomic E-state index is 13.4. The van der Waals surface area contributed by atoms with Crippen molar-refractivity contribution in [1.82, 2.24) is 9.55 Å². The Balaban J connectivity index is 2.11. The molecule has 0 spiro atoms. The number of carbonyl (C=O) groups is 1. The summed E-state index contributed by atoms with van der Waals surface area (Å²) in [6.45, 7) is 0.